The fourth-order valence-corrected chi connectivity index (χ4v) is 2.36. The largest absolute Gasteiger partial charge is 0.494 e. The van der Waals surface area contributed by atoms with Crippen molar-refractivity contribution in [3.63, 3.8) is 0 Å². The molecule has 2 aromatic rings. The van der Waals surface area contributed by atoms with Crippen LogP contribution in [0.2, 0.25) is 0 Å². The summed E-state index contributed by atoms with van der Waals surface area (Å²) in [6.07, 6.45) is 2.22. The molecule has 0 saturated carbocycles. The zero-order chi connectivity index (χ0) is 12.8. The Morgan fingerprint density at radius 3 is 2.61 bits per heavy atom. The first kappa shape index (κ1) is 13.3. The van der Waals surface area contributed by atoms with Crippen molar-refractivity contribution in [1.82, 2.24) is 10.2 Å². The molecule has 96 valence electrons. The Bertz CT molecular complexity index is 484. The van der Waals surface area contributed by atoms with Gasteiger partial charge in [-0.15, -0.1) is 21.8 Å². The molecule has 2 rings (SSSR count). The van der Waals surface area contributed by atoms with Gasteiger partial charge in [-0.05, 0) is 30.7 Å². The van der Waals surface area contributed by atoms with E-state index in [1.807, 2.05) is 24.3 Å². The molecule has 3 nitrogen and oxygen atoms in total. The van der Waals surface area contributed by atoms with Crippen molar-refractivity contribution in [1.29, 1.82) is 0 Å². The molecular weight excluding hydrogens is 268 g/mol. The lowest BCUT2D eigenvalue weighted by Gasteiger charge is -2.05. The molecule has 1 heterocycles. The molecule has 0 unspecified atom stereocenters. The monoisotopic (exact) mass is 282 g/mol. The minimum Gasteiger partial charge on any atom is -0.494 e. The predicted octanol–water partition coefficient (Wildman–Crippen LogP) is 4.12. The summed E-state index contributed by atoms with van der Waals surface area (Å²) in [4.78, 5) is 0. The highest BCUT2D eigenvalue weighted by atomic mass is 35.5. The van der Waals surface area contributed by atoms with Crippen molar-refractivity contribution in [2.45, 2.75) is 25.6 Å². The van der Waals surface area contributed by atoms with E-state index in [9.17, 15) is 0 Å². The second-order valence-electron chi connectivity index (χ2n) is 3.86. The Balaban J connectivity index is 2.02. The highest BCUT2D eigenvalue weighted by Gasteiger charge is 2.05. The lowest BCUT2D eigenvalue weighted by atomic mass is 10.2. The summed E-state index contributed by atoms with van der Waals surface area (Å²) in [5, 5.41) is 9.84. The third-order valence-corrected chi connectivity index (χ3v) is 3.83. The normalized spacial score (nSPS) is 10.6. The first-order chi connectivity index (χ1) is 8.83. The van der Waals surface area contributed by atoms with E-state index in [0.717, 1.165) is 40.8 Å². The number of nitrogens with zero attached hydrogens (tertiary/aromatic N) is 2. The lowest BCUT2D eigenvalue weighted by Crippen LogP contribution is -1.95. The smallest absolute Gasteiger partial charge is 0.147 e. The van der Waals surface area contributed by atoms with E-state index in [-0.39, 0.29) is 0 Å². The van der Waals surface area contributed by atoms with Gasteiger partial charge >= 0.3 is 0 Å². The minimum atomic E-state index is 0.413. The first-order valence-corrected chi connectivity index (χ1v) is 7.30. The van der Waals surface area contributed by atoms with Crippen molar-refractivity contribution in [3.8, 4) is 16.3 Å². The van der Waals surface area contributed by atoms with E-state index >= 15 is 0 Å². The zero-order valence-corrected chi connectivity index (χ0v) is 11.8. The van der Waals surface area contributed by atoms with Crippen molar-refractivity contribution in [2.75, 3.05) is 6.61 Å². The summed E-state index contributed by atoms with van der Waals surface area (Å²) in [6.45, 7) is 2.92. The van der Waals surface area contributed by atoms with Gasteiger partial charge in [0.2, 0.25) is 0 Å². The number of hydrogen-bond acceptors (Lipinski definition) is 4. The van der Waals surface area contributed by atoms with Crippen LogP contribution in [0.25, 0.3) is 10.6 Å². The Kier molecular flexibility index (Phi) is 4.96. The number of alkyl halides is 1. The molecule has 0 radical (unpaired) electrons. The molecule has 0 bridgehead atoms. The molecule has 0 spiro atoms. The van der Waals surface area contributed by atoms with Gasteiger partial charge in [-0.25, -0.2) is 0 Å². The molecule has 0 amide bonds. The van der Waals surface area contributed by atoms with Gasteiger partial charge in [-0.2, -0.15) is 0 Å². The van der Waals surface area contributed by atoms with Crippen molar-refractivity contribution < 1.29 is 4.74 Å². The fraction of sp³-hybridized carbons (Fsp3) is 0.385. The molecule has 0 atom stereocenters. The molecule has 0 N–H and O–H groups in total. The first-order valence-electron chi connectivity index (χ1n) is 5.95. The van der Waals surface area contributed by atoms with Gasteiger partial charge in [0.25, 0.3) is 0 Å². The highest BCUT2D eigenvalue weighted by molar-refractivity contribution is 7.14. The number of benzene rings is 1. The predicted molar refractivity (Wildman–Crippen MR) is 75.3 cm³/mol. The fourth-order valence-electron chi connectivity index (χ4n) is 1.45. The molecule has 0 aliphatic rings. The van der Waals surface area contributed by atoms with E-state index in [4.69, 9.17) is 16.3 Å². The Hall–Kier alpha value is -1.13. The summed E-state index contributed by atoms with van der Waals surface area (Å²) in [7, 11) is 0. The molecule has 0 aliphatic carbocycles. The van der Waals surface area contributed by atoms with Crippen LogP contribution in [0, 0.1) is 0 Å². The number of hydrogen-bond donors (Lipinski definition) is 0. The molecule has 0 aliphatic heterocycles. The van der Waals surface area contributed by atoms with E-state index in [0.29, 0.717) is 5.88 Å². The van der Waals surface area contributed by atoms with Crippen LogP contribution >= 0.6 is 22.9 Å². The molecule has 1 aromatic carbocycles. The van der Waals surface area contributed by atoms with Gasteiger partial charge in [0.05, 0.1) is 12.5 Å². The standard InChI is InChI=1S/C13H15ClN2OS/c1-2-3-8-17-11-6-4-10(5-7-11)13-16-15-12(9-14)18-13/h4-7H,2-3,8-9H2,1H3. The molecule has 1 aromatic heterocycles. The quantitative estimate of drug-likeness (QED) is 0.590. The van der Waals surface area contributed by atoms with Crippen LogP contribution in [0.5, 0.6) is 5.75 Å². The van der Waals surface area contributed by atoms with Crippen molar-refractivity contribution >= 4 is 22.9 Å². The SMILES string of the molecule is CCCCOc1ccc(-c2nnc(CCl)s2)cc1. The Morgan fingerprint density at radius 1 is 1.22 bits per heavy atom. The summed E-state index contributed by atoms with van der Waals surface area (Å²) < 4.78 is 5.61. The van der Waals surface area contributed by atoms with Gasteiger partial charge < -0.3 is 4.74 Å². The van der Waals surface area contributed by atoms with Gasteiger partial charge in [0.15, 0.2) is 0 Å². The van der Waals surface area contributed by atoms with Crippen LogP contribution < -0.4 is 4.74 Å². The molecule has 18 heavy (non-hydrogen) atoms. The molecule has 5 heteroatoms. The van der Waals surface area contributed by atoms with Crippen LogP contribution in [-0.2, 0) is 5.88 Å². The topological polar surface area (TPSA) is 35.0 Å². The van der Waals surface area contributed by atoms with Crippen molar-refractivity contribution in [3.05, 3.63) is 29.3 Å². The molecule has 0 fully saturated rings. The Labute approximate surface area is 116 Å². The van der Waals surface area contributed by atoms with E-state index in [1.165, 1.54) is 11.3 Å². The van der Waals surface area contributed by atoms with Gasteiger partial charge in [0.1, 0.15) is 15.8 Å². The van der Waals surface area contributed by atoms with E-state index < -0.39 is 0 Å². The van der Waals surface area contributed by atoms with Crippen LogP contribution in [0.4, 0.5) is 0 Å². The second kappa shape index (κ2) is 6.71. The summed E-state index contributed by atoms with van der Waals surface area (Å²) in [6, 6.07) is 7.93. The summed E-state index contributed by atoms with van der Waals surface area (Å²) in [5.74, 6) is 1.31. The van der Waals surface area contributed by atoms with Crippen LogP contribution in [-0.4, -0.2) is 16.8 Å². The number of ether oxygens (including phenoxy) is 1. The van der Waals surface area contributed by atoms with Crippen LogP contribution in [0.1, 0.15) is 24.8 Å². The van der Waals surface area contributed by atoms with Crippen LogP contribution in [0.3, 0.4) is 0 Å². The second-order valence-corrected chi connectivity index (χ2v) is 5.19. The summed E-state index contributed by atoms with van der Waals surface area (Å²) >= 11 is 7.23. The third kappa shape index (κ3) is 3.43. The maximum Gasteiger partial charge on any atom is 0.147 e. The van der Waals surface area contributed by atoms with E-state index in [2.05, 4.69) is 17.1 Å². The number of unbranched alkanes of at least 4 members (excludes halogenated alkanes) is 1. The maximum absolute atomic E-state index is 5.71. The minimum absolute atomic E-state index is 0.413. The molecule has 0 saturated heterocycles. The number of aromatic nitrogens is 2. The number of halogens is 1. The average Bonchev–Trinajstić information content (AvgIpc) is 2.89. The average molecular weight is 283 g/mol. The van der Waals surface area contributed by atoms with Crippen molar-refractivity contribution in [2.24, 2.45) is 0 Å². The van der Waals surface area contributed by atoms with Gasteiger partial charge in [0, 0.05) is 5.56 Å². The Morgan fingerprint density at radius 2 is 2.00 bits per heavy atom. The maximum atomic E-state index is 5.71. The lowest BCUT2D eigenvalue weighted by molar-refractivity contribution is 0.309. The molecular formula is C13H15ClN2OS. The van der Waals surface area contributed by atoms with Crippen LogP contribution in [0.15, 0.2) is 24.3 Å². The van der Waals surface area contributed by atoms with Gasteiger partial charge in [-0.3, -0.25) is 0 Å². The van der Waals surface area contributed by atoms with E-state index in [1.54, 1.807) is 0 Å². The number of rotatable bonds is 6. The zero-order valence-electron chi connectivity index (χ0n) is 10.2. The highest BCUT2D eigenvalue weighted by Crippen LogP contribution is 2.26. The van der Waals surface area contributed by atoms with Gasteiger partial charge in [-0.1, -0.05) is 24.7 Å². The third-order valence-electron chi connectivity index (χ3n) is 2.45. The summed E-state index contributed by atoms with van der Waals surface area (Å²) in [5.41, 5.74) is 1.05.